The van der Waals surface area contributed by atoms with E-state index in [4.69, 9.17) is 0 Å². The van der Waals surface area contributed by atoms with Crippen LogP contribution in [0.3, 0.4) is 0 Å². The summed E-state index contributed by atoms with van der Waals surface area (Å²) in [6.45, 7) is 7.52. The van der Waals surface area contributed by atoms with Gasteiger partial charge in [-0.1, -0.05) is 13.8 Å². The molecule has 3 rings (SSSR count). The molecule has 0 saturated carbocycles. The van der Waals surface area contributed by atoms with Crippen LogP contribution >= 0.6 is 0 Å². The lowest BCUT2D eigenvalue weighted by Gasteiger charge is -2.36. The lowest BCUT2D eigenvalue weighted by Crippen LogP contribution is -2.49. The molecule has 0 radical (unpaired) electrons. The highest BCUT2D eigenvalue weighted by Crippen LogP contribution is 2.23. The summed E-state index contributed by atoms with van der Waals surface area (Å²) in [5.74, 6) is 0.950. The molecule has 6 heteroatoms. The Bertz CT molecular complexity index is 647. The van der Waals surface area contributed by atoms with Crippen molar-refractivity contribution in [1.29, 1.82) is 0 Å². The van der Waals surface area contributed by atoms with Gasteiger partial charge < -0.3 is 5.32 Å². The van der Waals surface area contributed by atoms with Crippen molar-refractivity contribution < 1.29 is 4.79 Å². The Morgan fingerprint density at radius 3 is 2.64 bits per heavy atom. The van der Waals surface area contributed by atoms with E-state index in [2.05, 4.69) is 15.2 Å². The highest BCUT2D eigenvalue weighted by molar-refractivity contribution is 5.81. The van der Waals surface area contributed by atoms with Crippen molar-refractivity contribution in [3.8, 4) is 0 Å². The Balaban J connectivity index is 1.56. The molecule has 0 spiro atoms. The monoisotopic (exact) mass is 346 g/mol. The number of nitrogens with one attached hydrogen (secondary N) is 1. The zero-order chi connectivity index (χ0) is 17.8. The average Bonchev–Trinajstić information content (AvgIpc) is 2.82. The minimum Gasteiger partial charge on any atom is -0.355 e. The SMILES string of the molecule is CC(C)c1cc(=O)n(CC2CCN(C3CCCCNC3=O)CC2)cn1. The topological polar surface area (TPSA) is 67.2 Å². The second kappa shape index (κ2) is 8.13. The van der Waals surface area contributed by atoms with Crippen LogP contribution in [0.25, 0.3) is 0 Å². The first kappa shape index (κ1) is 18.1. The molecule has 1 aromatic rings. The molecule has 1 atom stereocenters. The molecule has 2 saturated heterocycles. The normalized spacial score (nSPS) is 23.5. The maximum atomic E-state index is 12.3. The van der Waals surface area contributed by atoms with Gasteiger partial charge in [-0.2, -0.15) is 0 Å². The van der Waals surface area contributed by atoms with Crippen LogP contribution in [-0.2, 0) is 11.3 Å². The van der Waals surface area contributed by atoms with Gasteiger partial charge in [-0.3, -0.25) is 19.1 Å². The summed E-state index contributed by atoms with van der Waals surface area (Å²) in [5.41, 5.74) is 0.903. The predicted octanol–water partition coefficient (Wildman–Crippen LogP) is 1.75. The summed E-state index contributed by atoms with van der Waals surface area (Å²) in [7, 11) is 0. The molecule has 0 aliphatic carbocycles. The first-order valence-electron chi connectivity index (χ1n) is 9.62. The summed E-state index contributed by atoms with van der Waals surface area (Å²) in [5, 5.41) is 3.03. The number of rotatable bonds is 4. The number of likely N-dealkylation sites (tertiary alicyclic amines) is 1. The van der Waals surface area contributed by atoms with Crippen LogP contribution in [0.4, 0.5) is 0 Å². The Hall–Kier alpha value is -1.69. The highest BCUT2D eigenvalue weighted by Gasteiger charge is 2.30. The van der Waals surface area contributed by atoms with E-state index in [-0.39, 0.29) is 23.4 Å². The fourth-order valence-electron chi connectivity index (χ4n) is 3.89. The maximum Gasteiger partial charge on any atom is 0.253 e. The Labute approximate surface area is 149 Å². The van der Waals surface area contributed by atoms with Crippen LogP contribution < -0.4 is 10.9 Å². The van der Waals surface area contributed by atoms with Gasteiger partial charge in [-0.05, 0) is 57.0 Å². The summed E-state index contributed by atoms with van der Waals surface area (Å²) in [4.78, 5) is 31.2. The number of aromatic nitrogens is 2. The molecule has 2 fully saturated rings. The predicted molar refractivity (Wildman–Crippen MR) is 97.5 cm³/mol. The van der Waals surface area contributed by atoms with Crippen molar-refractivity contribution >= 4 is 5.91 Å². The van der Waals surface area contributed by atoms with Gasteiger partial charge >= 0.3 is 0 Å². The van der Waals surface area contributed by atoms with Crippen molar-refractivity contribution in [3.63, 3.8) is 0 Å². The van der Waals surface area contributed by atoms with Crippen molar-refractivity contribution in [2.75, 3.05) is 19.6 Å². The molecule has 2 aliphatic heterocycles. The molecule has 1 amide bonds. The van der Waals surface area contributed by atoms with Gasteiger partial charge in [-0.15, -0.1) is 0 Å². The molecule has 1 unspecified atom stereocenters. The molecule has 2 aliphatic rings. The average molecular weight is 346 g/mol. The summed E-state index contributed by atoms with van der Waals surface area (Å²) in [6, 6.07) is 1.70. The standard InChI is InChI=1S/C19H30N4O2/c1-14(2)16-11-18(24)23(13-21-16)12-15-6-9-22(10-7-15)17-5-3-4-8-20-19(17)25/h11,13-15,17H,3-10,12H2,1-2H3,(H,20,25). The molecule has 1 N–H and O–H groups in total. The van der Waals surface area contributed by atoms with Gasteiger partial charge in [0, 0.05) is 19.2 Å². The third-order valence-corrected chi connectivity index (χ3v) is 5.54. The van der Waals surface area contributed by atoms with Crippen molar-refractivity contribution in [2.45, 2.75) is 64.5 Å². The molecule has 0 bridgehead atoms. The minimum absolute atomic E-state index is 0.0400. The molecule has 3 heterocycles. The van der Waals surface area contributed by atoms with E-state index in [1.54, 1.807) is 17.0 Å². The number of hydrogen-bond acceptors (Lipinski definition) is 4. The van der Waals surface area contributed by atoms with Gasteiger partial charge in [0.15, 0.2) is 0 Å². The smallest absolute Gasteiger partial charge is 0.253 e. The quantitative estimate of drug-likeness (QED) is 0.902. The van der Waals surface area contributed by atoms with E-state index in [0.717, 1.165) is 64.0 Å². The van der Waals surface area contributed by atoms with Gasteiger partial charge in [0.25, 0.3) is 5.56 Å². The van der Waals surface area contributed by atoms with Gasteiger partial charge in [0.1, 0.15) is 0 Å². The summed E-state index contributed by atoms with van der Waals surface area (Å²) < 4.78 is 1.74. The van der Waals surface area contributed by atoms with Crippen LogP contribution in [0.5, 0.6) is 0 Å². The summed E-state index contributed by atoms with van der Waals surface area (Å²) >= 11 is 0. The van der Waals surface area contributed by atoms with Gasteiger partial charge in [0.05, 0.1) is 18.1 Å². The van der Waals surface area contributed by atoms with Crippen LogP contribution in [0.1, 0.15) is 57.6 Å². The number of carbonyl (C=O) groups is 1. The fraction of sp³-hybridized carbons (Fsp3) is 0.737. The highest BCUT2D eigenvalue weighted by atomic mass is 16.2. The third-order valence-electron chi connectivity index (χ3n) is 5.54. The molecular formula is C19H30N4O2. The summed E-state index contributed by atoms with van der Waals surface area (Å²) in [6.07, 6.45) is 6.93. The Kier molecular flexibility index (Phi) is 5.89. The molecule has 0 aromatic carbocycles. The first-order valence-corrected chi connectivity index (χ1v) is 9.62. The number of piperidine rings is 1. The first-order chi connectivity index (χ1) is 12.0. The zero-order valence-electron chi connectivity index (χ0n) is 15.4. The van der Waals surface area contributed by atoms with Gasteiger partial charge in [0.2, 0.25) is 5.91 Å². The maximum absolute atomic E-state index is 12.3. The van der Waals surface area contributed by atoms with Crippen molar-refractivity contribution in [1.82, 2.24) is 19.8 Å². The van der Waals surface area contributed by atoms with Crippen LogP contribution in [0, 0.1) is 5.92 Å². The molecular weight excluding hydrogens is 316 g/mol. The molecule has 1 aromatic heterocycles. The Morgan fingerprint density at radius 2 is 1.96 bits per heavy atom. The second-order valence-electron chi connectivity index (χ2n) is 7.74. The molecule has 6 nitrogen and oxygen atoms in total. The number of amides is 1. The van der Waals surface area contributed by atoms with E-state index >= 15 is 0 Å². The van der Waals surface area contributed by atoms with Crippen molar-refractivity contribution in [3.05, 3.63) is 28.4 Å². The minimum atomic E-state index is 0.0400. The second-order valence-corrected chi connectivity index (χ2v) is 7.74. The lowest BCUT2D eigenvalue weighted by molar-refractivity contribution is -0.126. The van der Waals surface area contributed by atoms with Crippen LogP contribution in [0.15, 0.2) is 17.2 Å². The van der Waals surface area contributed by atoms with E-state index < -0.39 is 0 Å². The van der Waals surface area contributed by atoms with Crippen LogP contribution in [-0.4, -0.2) is 46.0 Å². The lowest BCUT2D eigenvalue weighted by atomic mass is 9.94. The zero-order valence-corrected chi connectivity index (χ0v) is 15.4. The Morgan fingerprint density at radius 1 is 1.20 bits per heavy atom. The largest absolute Gasteiger partial charge is 0.355 e. The fourth-order valence-corrected chi connectivity index (χ4v) is 3.89. The molecule has 25 heavy (non-hydrogen) atoms. The van der Waals surface area contributed by atoms with E-state index in [9.17, 15) is 9.59 Å². The number of nitrogens with zero attached hydrogens (tertiary/aromatic N) is 3. The van der Waals surface area contributed by atoms with Crippen molar-refractivity contribution in [2.24, 2.45) is 5.92 Å². The van der Waals surface area contributed by atoms with E-state index in [1.807, 2.05) is 13.8 Å². The van der Waals surface area contributed by atoms with Crippen LogP contribution in [0.2, 0.25) is 0 Å². The number of carbonyl (C=O) groups excluding carboxylic acids is 1. The molecule has 138 valence electrons. The van der Waals surface area contributed by atoms with E-state index in [1.165, 1.54) is 0 Å². The number of hydrogen-bond donors (Lipinski definition) is 1. The van der Waals surface area contributed by atoms with E-state index in [0.29, 0.717) is 5.92 Å². The third kappa shape index (κ3) is 4.48. The van der Waals surface area contributed by atoms with Gasteiger partial charge in [-0.25, -0.2) is 4.98 Å².